The zero-order chi connectivity index (χ0) is 37.0. The Bertz CT molecular complexity index is 1740. The number of halogens is 6. The molecule has 9 nitrogen and oxygen atoms in total. The number of hydrogen-bond donors (Lipinski definition) is 2. The lowest BCUT2D eigenvalue weighted by Gasteiger charge is -2.37. The van der Waals surface area contributed by atoms with Gasteiger partial charge in [-0.05, 0) is 73.2 Å². The standard InChI is InChI=1S/C24H28F3N3O4S.C11H13F3N2/c1-35(33,34)20-6-7-22(30-9-8-17(15-30)16-31)21(14-20)23(32)29-12-10-28(11-13-29)19-4-2-18(3-5-19)24(25,26)27;12-11(13,14)9-1-3-10(4-2-9)16-7-5-15-6-8-16/h2-7,14,17,31H,8-13,15-16H2,1H3;1-4,15H,5-8H2. The number of hydrogen-bond acceptors (Lipinski definition) is 8. The summed E-state index contributed by atoms with van der Waals surface area (Å²) >= 11 is 0. The second kappa shape index (κ2) is 15.7. The Morgan fingerprint density at radius 3 is 1.71 bits per heavy atom. The summed E-state index contributed by atoms with van der Waals surface area (Å²) < 4.78 is 99.8. The summed E-state index contributed by atoms with van der Waals surface area (Å²) in [5.74, 6) is -0.190. The van der Waals surface area contributed by atoms with Gasteiger partial charge in [0.05, 0.1) is 21.6 Å². The lowest BCUT2D eigenvalue weighted by Crippen LogP contribution is -2.49. The minimum Gasteiger partial charge on any atom is -0.396 e. The number of nitrogens with zero attached hydrogens (tertiary/aromatic N) is 4. The maximum atomic E-state index is 13.5. The van der Waals surface area contributed by atoms with Crippen LogP contribution in [-0.4, -0.2) is 103 Å². The van der Waals surface area contributed by atoms with E-state index < -0.39 is 33.3 Å². The minimum atomic E-state index is -4.39. The van der Waals surface area contributed by atoms with Crippen molar-refractivity contribution in [3.8, 4) is 0 Å². The van der Waals surface area contributed by atoms with Crippen LogP contribution in [0.1, 0.15) is 27.9 Å². The summed E-state index contributed by atoms with van der Waals surface area (Å²) in [7, 11) is -3.52. The van der Waals surface area contributed by atoms with Gasteiger partial charge in [0.15, 0.2) is 9.84 Å². The molecule has 2 N–H and O–H groups in total. The molecule has 0 bridgehead atoms. The molecule has 1 unspecified atom stereocenters. The molecule has 278 valence electrons. The SMILES string of the molecule is CS(=O)(=O)c1ccc(N2CCC(CO)C2)c(C(=O)N2CCN(c3ccc(C(F)(F)F)cc3)CC2)c1.FC(F)(F)c1ccc(N2CCNCC2)cc1. The van der Waals surface area contributed by atoms with Crippen LogP contribution in [0, 0.1) is 5.92 Å². The third-order valence-corrected chi connectivity index (χ3v) is 10.4. The molecule has 0 aromatic heterocycles. The fourth-order valence-electron chi connectivity index (χ4n) is 6.38. The van der Waals surface area contributed by atoms with E-state index in [2.05, 4.69) is 10.2 Å². The Balaban J connectivity index is 0.000000262. The molecule has 0 radical (unpaired) electrons. The first-order valence-corrected chi connectivity index (χ1v) is 18.5. The Morgan fingerprint density at radius 2 is 1.25 bits per heavy atom. The molecule has 0 saturated carbocycles. The predicted octanol–water partition coefficient (Wildman–Crippen LogP) is 5.00. The van der Waals surface area contributed by atoms with E-state index in [1.165, 1.54) is 36.4 Å². The predicted molar refractivity (Wildman–Crippen MR) is 183 cm³/mol. The van der Waals surface area contributed by atoms with Crippen LogP contribution in [0.4, 0.5) is 43.4 Å². The number of aliphatic hydroxyl groups excluding tert-OH is 1. The summed E-state index contributed by atoms with van der Waals surface area (Å²) in [4.78, 5) is 21.2. The van der Waals surface area contributed by atoms with Gasteiger partial charge in [-0.15, -0.1) is 0 Å². The van der Waals surface area contributed by atoms with Gasteiger partial charge in [-0.25, -0.2) is 8.42 Å². The number of alkyl halides is 6. The van der Waals surface area contributed by atoms with Gasteiger partial charge >= 0.3 is 12.4 Å². The van der Waals surface area contributed by atoms with Gasteiger partial charge in [-0.3, -0.25) is 4.79 Å². The molecule has 3 aliphatic rings. The number of aliphatic hydroxyl groups is 1. The summed E-state index contributed by atoms with van der Waals surface area (Å²) in [6.07, 6.45) is -6.77. The average Bonchev–Trinajstić information content (AvgIpc) is 3.60. The summed E-state index contributed by atoms with van der Waals surface area (Å²) in [5.41, 5.74) is 1.15. The molecule has 3 aromatic carbocycles. The number of piperazine rings is 2. The Morgan fingerprint density at radius 1 is 0.745 bits per heavy atom. The maximum absolute atomic E-state index is 13.5. The van der Waals surface area contributed by atoms with Crippen LogP contribution in [0.15, 0.2) is 71.6 Å². The van der Waals surface area contributed by atoms with Gasteiger partial charge in [-0.2, -0.15) is 26.3 Å². The number of carbonyl (C=O) groups is 1. The number of nitrogens with one attached hydrogen (secondary N) is 1. The molecule has 1 amide bonds. The molecule has 3 heterocycles. The third kappa shape index (κ3) is 9.65. The minimum absolute atomic E-state index is 0.0487. The number of benzene rings is 3. The summed E-state index contributed by atoms with van der Waals surface area (Å²) in [6.45, 7) is 6.29. The Labute approximate surface area is 293 Å². The molecule has 3 saturated heterocycles. The fraction of sp³-hybridized carbons (Fsp3) is 0.457. The van der Waals surface area contributed by atoms with Crippen LogP contribution < -0.4 is 20.0 Å². The van der Waals surface area contributed by atoms with Crippen molar-refractivity contribution in [2.45, 2.75) is 23.7 Å². The topological polar surface area (TPSA) is 96.4 Å². The van der Waals surface area contributed by atoms with Gasteiger partial charge in [0.25, 0.3) is 5.91 Å². The van der Waals surface area contributed by atoms with Crippen molar-refractivity contribution in [3.05, 3.63) is 83.4 Å². The average molecular weight is 742 g/mol. The largest absolute Gasteiger partial charge is 0.416 e. The Hall–Kier alpha value is -4.02. The molecule has 51 heavy (non-hydrogen) atoms. The number of rotatable bonds is 6. The van der Waals surface area contributed by atoms with E-state index in [9.17, 15) is 44.7 Å². The quantitative estimate of drug-likeness (QED) is 0.341. The van der Waals surface area contributed by atoms with Crippen LogP contribution in [0.3, 0.4) is 0 Å². The molecule has 3 aliphatic heterocycles. The van der Waals surface area contributed by atoms with Crippen molar-refractivity contribution in [2.75, 3.05) is 93.0 Å². The number of amides is 1. The zero-order valence-corrected chi connectivity index (χ0v) is 28.9. The highest BCUT2D eigenvalue weighted by Gasteiger charge is 2.32. The van der Waals surface area contributed by atoms with E-state index in [0.717, 1.165) is 68.8 Å². The van der Waals surface area contributed by atoms with Crippen LogP contribution in [0.25, 0.3) is 0 Å². The zero-order valence-electron chi connectivity index (χ0n) is 28.1. The first kappa shape index (κ1) is 38.2. The van der Waals surface area contributed by atoms with Crippen molar-refractivity contribution in [2.24, 2.45) is 5.92 Å². The van der Waals surface area contributed by atoms with Crippen LogP contribution >= 0.6 is 0 Å². The highest BCUT2D eigenvalue weighted by Crippen LogP contribution is 2.33. The summed E-state index contributed by atoms with van der Waals surface area (Å²) in [6, 6.07) is 14.9. The third-order valence-electron chi connectivity index (χ3n) is 9.31. The Kier molecular flexibility index (Phi) is 11.8. The van der Waals surface area contributed by atoms with Crippen molar-refractivity contribution in [1.29, 1.82) is 0 Å². The van der Waals surface area contributed by atoms with Gasteiger partial charge < -0.3 is 30.0 Å². The van der Waals surface area contributed by atoms with E-state index in [4.69, 9.17) is 0 Å². The van der Waals surface area contributed by atoms with Gasteiger partial charge in [0.2, 0.25) is 0 Å². The molecule has 0 spiro atoms. The van der Waals surface area contributed by atoms with Crippen molar-refractivity contribution < 1.29 is 44.7 Å². The van der Waals surface area contributed by atoms with Gasteiger partial charge in [0.1, 0.15) is 0 Å². The fourth-order valence-corrected chi connectivity index (χ4v) is 7.02. The molecule has 3 aromatic rings. The van der Waals surface area contributed by atoms with E-state index in [1.807, 2.05) is 9.80 Å². The van der Waals surface area contributed by atoms with Gasteiger partial charge in [-0.1, -0.05) is 0 Å². The van der Waals surface area contributed by atoms with Crippen LogP contribution in [-0.2, 0) is 22.2 Å². The van der Waals surface area contributed by atoms with E-state index >= 15 is 0 Å². The molecule has 3 fully saturated rings. The number of anilines is 3. The number of sulfone groups is 1. The highest BCUT2D eigenvalue weighted by atomic mass is 32.2. The lowest BCUT2D eigenvalue weighted by atomic mass is 10.1. The van der Waals surface area contributed by atoms with Crippen LogP contribution in [0.5, 0.6) is 0 Å². The molecule has 0 aliphatic carbocycles. The number of carbonyl (C=O) groups excluding carboxylic acids is 1. The molecular formula is C35H41F6N5O4S. The maximum Gasteiger partial charge on any atom is 0.416 e. The van der Waals surface area contributed by atoms with E-state index in [-0.39, 0.29) is 23.3 Å². The first-order chi connectivity index (χ1) is 24.0. The molecule has 1 atom stereocenters. The van der Waals surface area contributed by atoms with E-state index in [1.54, 1.807) is 11.0 Å². The second-order valence-electron chi connectivity index (χ2n) is 12.8. The lowest BCUT2D eigenvalue weighted by molar-refractivity contribution is -0.138. The van der Waals surface area contributed by atoms with Crippen molar-refractivity contribution >= 4 is 32.8 Å². The molecule has 6 rings (SSSR count). The smallest absolute Gasteiger partial charge is 0.396 e. The van der Waals surface area contributed by atoms with Gasteiger partial charge in [0, 0.05) is 101 Å². The normalized spacial score (nSPS) is 18.8. The van der Waals surface area contributed by atoms with Crippen LogP contribution in [0.2, 0.25) is 0 Å². The summed E-state index contributed by atoms with van der Waals surface area (Å²) in [5, 5.41) is 12.7. The molecular weight excluding hydrogens is 700 g/mol. The van der Waals surface area contributed by atoms with E-state index in [0.29, 0.717) is 56.2 Å². The van der Waals surface area contributed by atoms with Crippen molar-refractivity contribution in [3.63, 3.8) is 0 Å². The first-order valence-electron chi connectivity index (χ1n) is 16.6. The highest BCUT2D eigenvalue weighted by molar-refractivity contribution is 7.90. The molecule has 16 heteroatoms. The van der Waals surface area contributed by atoms with Crippen molar-refractivity contribution in [1.82, 2.24) is 10.2 Å². The monoisotopic (exact) mass is 741 g/mol. The second-order valence-corrected chi connectivity index (χ2v) is 14.9.